The largest absolute Gasteiger partial charge is 0.489 e. The van der Waals surface area contributed by atoms with Gasteiger partial charge in [-0.25, -0.2) is 9.78 Å². The highest BCUT2D eigenvalue weighted by Crippen LogP contribution is 2.33. The number of hydroxylamine groups is 2. The summed E-state index contributed by atoms with van der Waals surface area (Å²) in [5.74, 6) is -3.11. The highest BCUT2D eigenvalue weighted by molar-refractivity contribution is 7.80. The van der Waals surface area contributed by atoms with Gasteiger partial charge in [-0.15, -0.1) is 15.6 Å². The maximum atomic E-state index is 13.2. The fraction of sp³-hybridized carbons (Fsp3) is 0.448. The number of ether oxygens (including phenoxy) is 2. The smallest absolute Gasteiger partial charge is 0.418 e. The van der Waals surface area contributed by atoms with Crippen LogP contribution in [0.15, 0.2) is 47.2 Å². The summed E-state index contributed by atoms with van der Waals surface area (Å²) < 4.78 is 49.4. The molecule has 5 N–H and O–H groups in total. The highest BCUT2D eigenvalue weighted by atomic mass is 32.3. The van der Waals surface area contributed by atoms with Gasteiger partial charge in [-0.2, -0.15) is 18.6 Å². The summed E-state index contributed by atoms with van der Waals surface area (Å²) in [5, 5.41) is 22.2. The molecular weight excluding hydrogens is 700 g/mol. The number of anilines is 1. The lowest BCUT2D eigenvalue weighted by Crippen LogP contribution is -2.76. The van der Waals surface area contributed by atoms with E-state index in [2.05, 4.69) is 31.9 Å². The Morgan fingerprint density at radius 1 is 1.24 bits per heavy atom. The van der Waals surface area contributed by atoms with Gasteiger partial charge in [0.05, 0.1) is 45.1 Å². The van der Waals surface area contributed by atoms with Crippen LogP contribution < -0.4 is 15.8 Å². The lowest BCUT2D eigenvalue weighted by molar-refractivity contribution is -0.917. The van der Waals surface area contributed by atoms with Crippen LogP contribution in [0.25, 0.3) is 11.1 Å². The zero-order valence-electron chi connectivity index (χ0n) is 27.3. The normalized spacial score (nSPS) is 19.4. The molecule has 5 rings (SSSR count). The summed E-state index contributed by atoms with van der Waals surface area (Å²) in [7, 11) is -2.80. The van der Waals surface area contributed by atoms with Crippen molar-refractivity contribution in [1.29, 1.82) is 0 Å². The van der Waals surface area contributed by atoms with Crippen molar-refractivity contribution in [2.45, 2.75) is 38.1 Å². The van der Waals surface area contributed by atoms with Crippen molar-refractivity contribution in [1.82, 2.24) is 25.1 Å². The number of β-lactam (4-membered cyclic amide) rings is 1. The minimum Gasteiger partial charge on any atom is -0.489 e. The molecule has 4 heterocycles. The Morgan fingerprint density at radius 3 is 2.54 bits per heavy atom. The number of carbonyl (C=O) groups is 3. The van der Waals surface area contributed by atoms with E-state index >= 15 is 0 Å². The highest BCUT2D eigenvalue weighted by Gasteiger charge is 2.58. The zero-order chi connectivity index (χ0) is 36.3. The molecule has 50 heavy (non-hydrogen) atoms. The number of nitrogen functional groups attached to an aromatic ring is 1. The van der Waals surface area contributed by atoms with Crippen LogP contribution in [0, 0.1) is 0 Å². The second kappa shape index (κ2) is 14.7. The molecular formula is C29H37N8O11S2+. The van der Waals surface area contributed by atoms with E-state index in [0.29, 0.717) is 10.8 Å². The Bertz CT molecular complexity index is 1850. The number of benzene rings is 1. The van der Waals surface area contributed by atoms with Gasteiger partial charge in [-0.1, -0.05) is 17.3 Å². The third-order valence-corrected chi connectivity index (χ3v) is 9.30. The molecule has 2 saturated heterocycles. The van der Waals surface area contributed by atoms with Crippen LogP contribution >= 0.6 is 11.3 Å². The number of oxime groups is 1. The van der Waals surface area contributed by atoms with Gasteiger partial charge in [0.15, 0.2) is 10.8 Å². The number of quaternary nitrogens is 1. The second-order valence-corrected chi connectivity index (χ2v) is 14.3. The molecule has 0 bridgehead atoms. The monoisotopic (exact) mass is 737 g/mol. The van der Waals surface area contributed by atoms with E-state index in [1.807, 2.05) is 23.0 Å². The quantitative estimate of drug-likeness (QED) is 0.0534. The minimum absolute atomic E-state index is 0.0609. The maximum Gasteiger partial charge on any atom is 0.418 e. The Morgan fingerprint density at radius 2 is 1.94 bits per heavy atom. The van der Waals surface area contributed by atoms with Gasteiger partial charge in [0, 0.05) is 17.1 Å². The van der Waals surface area contributed by atoms with E-state index in [1.54, 1.807) is 18.3 Å². The van der Waals surface area contributed by atoms with Gasteiger partial charge in [0.2, 0.25) is 0 Å². The number of nitrogens with zero attached hydrogens (tertiary/aromatic N) is 6. The number of carboxylic acids is 1. The van der Waals surface area contributed by atoms with E-state index < -0.39 is 58.2 Å². The molecule has 2 aromatic heterocycles. The van der Waals surface area contributed by atoms with E-state index in [-0.39, 0.29) is 10.8 Å². The van der Waals surface area contributed by atoms with Gasteiger partial charge >= 0.3 is 16.4 Å². The summed E-state index contributed by atoms with van der Waals surface area (Å²) in [6.45, 7) is 7.37. The predicted molar refractivity (Wildman–Crippen MR) is 176 cm³/mol. The number of carboxylic acid groups (broad SMARTS) is 1. The number of aromatic nitrogens is 3. The molecule has 2 amide bonds. The maximum absolute atomic E-state index is 13.2. The number of likely N-dealkylation sites (N-methyl/N-ethyl adjacent to an activating group) is 1. The van der Waals surface area contributed by atoms with Crippen molar-refractivity contribution < 1.29 is 55.5 Å². The Kier molecular flexibility index (Phi) is 10.7. The van der Waals surface area contributed by atoms with Crippen molar-refractivity contribution in [3.63, 3.8) is 0 Å². The number of nitrogens with one attached hydrogen (secondary N) is 1. The number of hydrogen-bond acceptors (Lipinski definition) is 14. The lowest BCUT2D eigenvalue weighted by atomic mass is 9.84. The average molecular weight is 738 g/mol. The molecule has 0 radical (unpaired) electrons. The summed E-state index contributed by atoms with van der Waals surface area (Å²) in [6.07, 6.45) is 2.06. The molecule has 0 unspecified atom stereocenters. The van der Waals surface area contributed by atoms with E-state index in [9.17, 15) is 27.9 Å². The van der Waals surface area contributed by atoms with Gasteiger partial charge in [-0.3, -0.25) is 18.8 Å². The number of carbonyl (C=O) groups excluding carboxylic acids is 2. The predicted octanol–water partition coefficient (Wildman–Crippen LogP) is 0.159. The Hall–Kier alpha value is -4.67. The fourth-order valence-electron chi connectivity index (χ4n) is 5.19. The van der Waals surface area contributed by atoms with Crippen LogP contribution in [0.4, 0.5) is 5.13 Å². The van der Waals surface area contributed by atoms with Crippen LogP contribution in [0.3, 0.4) is 0 Å². The number of nitrogens with two attached hydrogens (primary N) is 1. The van der Waals surface area contributed by atoms with Crippen molar-refractivity contribution in [2.75, 3.05) is 52.2 Å². The molecule has 2 aliphatic rings. The minimum atomic E-state index is -5.02. The Balaban J connectivity index is 1.21. The average Bonchev–Trinajstić information content (AvgIpc) is 3.72. The molecule has 1 aromatic carbocycles. The molecule has 0 spiro atoms. The van der Waals surface area contributed by atoms with Crippen LogP contribution in [-0.2, 0) is 45.2 Å². The summed E-state index contributed by atoms with van der Waals surface area (Å²) >= 11 is 0.962. The number of hydrogen-bond donors (Lipinski definition) is 4. The van der Waals surface area contributed by atoms with Crippen LogP contribution in [0.2, 0.25) is 0 Å². The summed E-state index contributed by atoms with van der Waals surface area (Å²) in [6, 6.07) is 5.62. The van der Waals surface area contributed by atoms with Crippen molar-refractivity contribution in [3.05, 3.63) is 47.7 Å². The van der Waals surface area contributed by atoms with Gasteiger partial charge < -0.3 is 35.0 Å². The molecule has 0 aliphatic carbocycles. The fourth-order valence-corrected chi connectivity index (χ4v) is 6.19. The zero-order valence-corrected chi connectivity index (χ0v) is 28.9. The summed E-state index contributed by atoms with van der Waals surface area (Å²) in [5.41, 5.74) is 5.46. The Labute approximate surface area is 290 Å². The third kappa shape index (κ3) is 8.73. The van der Waals surface area contributed by atoms with E-state index in [0.717, 1.165) is 66.3 Å². The standard InChI is InChI=1S/C29H36N8O11S2/c1-29(2)24(26(39)36(29)48-50(42,43)44)33-25(38)23(21-17-49-28(30)32-21)34-47-22(27(40)41)16-46-20-6-4-18(5-7-20)19-14-31-35(15-19)8-9-37(3)10-12-45-13-11-37/h4-7,14-15,17,22,24H,8-13,16H2,1-3H3,(H4-,30,32,33,38,40,41,42,43,44)/p+1/b34-23-/t22-,24+/m0/s1. The topological polar surface area (TPSA) is 247 Å². The molecule has 2 atom stereocenters. The molecule has 19 nitrogen and oxygen atoms in total. The number of aliphatic carboxylic acids is 1. The van der Waals surface area contributed by atoms with Crippen LogP contribution in [-0.4, -0.2) is 130 Å². The van der Waals surface area contributed by atoms with E-state index in [4.69, 9.17) is 24.6 Å². The SMILES string of the molecule is CC1(C)[C@H](NC(=O)/C(=N\O[C@@H](COc2ccc(-c3cnn(CC[N+]4(C)CCOCC4)c3)cc2)C(=O)O)c2csc(N)n2)C(=O)N1OS(=O)(=O)O. The first-order valence-electron chi connectivity index (χ1n) is 15.2. The van der Waals surface area contributed by atoms with E-state index in [1.165, 1.54) is 19.2 Å². The molecule has 270 valence electrons. The van der Waals surface area contributed by atoms with Crippen molar-refractivity contribution >= 4 is 50.4 Å². The van der Waals surface area contributed by atoms with Crippen LogP contribution in [0.1, 0.15) is 19.5 Å². The first kappa shape index (κ1) is 36.6. The molecule has 21 heteroatoms. The lowest BCUT2D eigenvalue weighted by Gasteiger charge is -2.50. The first-order chi connectivity index (χ1) is 23.5. The summed E-state index contributed by atoms with van der Waals surface area (Å²) in [4.78, 5) is 47.0. The number of amides is 2. The number of morpholine rings is 1. The number of thiazole rings is 1. The second-order valence-electron chi connectivity index (χ2n) is 12.4. The molecule has 2 fully saturated rings. The van der Waals surface area contributed by atoms with Crippen molar-refractivity contribution in [2.24, 2.45) is 5.16 Å². The van der Waals surface area contributed by atoms with Gasteiger partial charge in [-0.05, 0) is 31.5 Å². The molecule has 2 aliphatic heterocycles. The first-order valence-corrected chi connectivity index (χ1v) is 17.5. The molecule has 3 aromatic rings. The van der Waals surface area contributed by atoms with Crippen molar-refractivity contribution in [3.8, 4) is 16.9 Å². The third-order valence-electron chi connectivity index (χ3n) is 8.29. The number of rotatable bonds is 15. The van der Waals surface area contributed by atoms with Gasteiger partial charge in [0.1, 0.15) is 37.2 Å². The molecule has 0 saturated carbocycles. The van der Waals surface area contributed by atoms with Gasteiger partial charge in [0.25, 0.3) is 17.9 Å². The van der Waals surface area contributed by atoms with Crippen LogP contribution in [0.5, 0.6) is 5.75 Å².